The molecule has 2 aliphatic rings. The fourth-order valence-corrected chi connectivity index (χ4v) is 8.32. The van der Waals surface area contributed by atoms with Gasteiger partial charge in [0, 0.05) is 11.2 Å². The topological polar surface area (TPSA) is 35.5 Å². The lowest BCUT2D eigenvalue weighted by molar-refractivity contribution is 0.0210. The molecular weight excluding hydrogens is 325 g/mol. The lowest BCUT2D eigenvalue weighted by Crippen LogP contribution is -2.46. The Labute approximate surface area is 126 Å². The molecule has 0 amide bonds. The van der Waals surface area contributed by atoms with Crippen LogP contribution < -0.4 is 0 Å². The van der Waals surface area contributed by atoms with E-state index in [1.807, 2.05) is 12.2 Å². The summed E-state index contributed by atoms with van der Waals surface area (Å²) in [5, 5.41) is 0.0648. The molecule has 116 valence electrons. The van der Waals surface area contributed by atoms with Crippen molar-refractivity contribution in [2.24, 2.45) is 5.92 Å². The molecule has 1 aliphatic carbocycles. The first-order valence-corrected chi connectivity index (χ1v) is 10.2. The Hall–Kier alpha value is 0.450. The number of fused-ring (bicyclic) bond motifs is 2. The van der Waals surface area contributed by atoms with Gasteiger partial charge in [-0.05, 0) is 26.5 Å². The molecular formula is C12H19F2O3PS2. The SMILES string of the molecule is CCOP(=O)(OCC)C(F)(F)[C@]1(SC)S[C@H]2C=C[C@@H]1C2. The molecule has 3 atom stereocenters. The Morgan fingerprint density at radius 1 is 1.40 bits per heavy atom. The van der Waals surface area contributed by atoms with Gasteiger partial charge in [0.15, 0.2) is 0 Å². The van der Waals surface area contributed by atoms with Crippen LogP contribution >= 0.6 is 31.1 Å². The summed E-state index contributed by atoms with van der Waals surface area (Å²) in [6.45, 7) is 2.96. The van der Waals surface area contributed by atoms with E-state index in [4.69, 9.17) is 9.05 Å². The highest BCUT2D eigenvalue weighted by molar-refractivity contribution is 8.19. The maximum Gasteiger partial charge on any atom is 0.402 e. The molecule has 2 bridgehead atoms. The van der Waals surface area contributed by atoms with Gasteiger partial charge in [-0.3, -0.25) is 4.57 Å². The maximum absolute atomic E-state index is 15.1. The summed E-state index contributed by atoms with van der Waals surface area (Å²) in [6, 6.07) is 0. The number of thioether (sulfide) groups is 2. The quantitative estimate of drug-likeness (QED) is 0.498. The van der Waals surface area contributed by atoms with Gasteiger partial charge in [0.25, 0.3) is 0 Å². The van der Waals surface area contributed by atoms with Crippen molar-refractivity contribution in [2.75, 3.05) is 19.5 Å². The number of hydrogen-bond donors (Lipinski definition) is 0. The molecule has 0 unspecified atom stereocenters. The molecule has 0 aromatic rings. The Bertz CT molecular complexity index is 436. The van der Waals surface area contributed by atoms with Gasteiger partial charge in [0.2, 0.25) is 0 Å². The number of rotatable bonds is 7. The van der Waals surface area contributed by atoms with E-state index < -0.39 is 17.3 Å². The summed E-state index contributed by atoms with van der Waals surface area (Å²) in [4.78, 5) is 0. The average Bonchev–Trinajstić information content (AvgIpc) is 2.99. The van der Waals surface area contributed by atoms with Crippen molar-refractivity contribution in [3.05, 3.63) is 12.2 Å². The van der Waals surface area contributed by atoms with E-state index in [2.05, 4.69) is 0 Å². The molecule has 0 saturated carbocycles. The summed E-state index contributed by atoms with van der Waals surface area (Å²) in [5.41, 5.74) is -3.53. The van der Waals surface area contributed by atoms with Crippen LogP contribution in [0.2, 0.25) is 0 Å². The molecule has 3 nitrogen and oxygen atoms in total. The number of hydrogen-bond acceptors (Lipinski definition) is 5. The second-order valence-corrected chi connectivity index (χ2v) is 9.50. The van der Waals surface area contributed by atoms with Crippen molar-refractivity contribution >= 4 is 31.1 Å². The van der Waals surface area contributed by atoms with Crippen LogP contribution in [0.1, 0.15) is 20.3 Å². The van der Waals surface area contributed by atoms with Gasteiger partial charge in [0.1, 0.15) is 4.08 Å². The van der Waals surface area contributed by atoms with Crippen molar-refractivity contribution in [1.82, 2.24) is 0 Å². The number of halogens is 2. The van der Waals surface area contributed by atoms with Gasteiger partial charge in [0.05, 0.1) is 13.2 Å². The summed E-state index contributed by atoms with van der Waals surface area (Å²) in [7, 11) is -4.49. The van der Waals surface area contributed by atoms with Gasteiger partial charge in [-0.25, -0.2) is 0 Å². The molecule has 1 fully saturated rings. The van der Waals surface area contributed by atoms with E-state index in [0.717, 1.165) is 11.8 Å². The Kier molecular flexibility index (Phi) is 4.97. The predicted molar refractivity (Wildman–Crippen MR) is 80.7 cm³/mol. The normalized spacial score (nSPS) is 33.0. The lowest BCUT2D eigenvalue weighted by Gasteiger charge is -2.41. The van der Waals surface area contributed by atoms with Gasteiger partial charge in [-0.1, -0.05) is 12.2 Å². The zero-order chi connectivity index (χ0) is 15.0. The zero-order valence-electron chi connectivity index (χ0n) is 11.7. The molecule has 8 heteroatoms. The summed E-state index contributed by atoms with van der Waals surface area (Å²) in [5.74, 6) is -0.309. The van der Waals surface area contributed by atoms with E-state index in [0.29, 0.717) is 6.42 Å². The summed E-state index contributed by atoms with van der Waals surface area (Å²) in [6.07, 6.45) is 6.07. The van der Waals surface area contributed by atoms with E-state index in [1.54, 1.807) is 20.1 Å². The van der Waals surface area contributed by atoms with E-state index in [9.17, 15) is 4.57 Å². The number of alkyl halides is 2. The van der Waals surface area contributed by atoms with Gasteiger partial charge in [-0.2, -0.15) is 8.78 Å². The number of allylic oxidation sites excluding steroid dienone is 1. The van der Waals surface area contributed by atoms with Crippen molar-refractivity contribution in [1.29, 1.82) is 0 Å². The van der Waals surface area contributed by atoms with Crippen LogP contribution in [0.4, 0.5) is 8.78 Å². The minimum atomic E-state index is -4.49. The third kappa shape index (κ3) is 2.30. The summed E-state index contributed by atoms with van der Waals surface area (Å²) < 4.78 is 51.1. The Morgan fingerprint density at radius 3 is 2.35 bits per heavy atom. The van der Waals surface area contributed by atoms with E-state index in [1.165, 1.54) is 11.8 Å². The van der Waals surface area contributed by atoms with Crippen molar-refractivity contribution < 1.29 is 22.4 Å². The Morgan fingerprint density at radius 2 is 2.00 bits per heavy atom. The maximum atomic E-state index is 15.1. The lowest BCUT2D eigenvalue weighted by atomic mass is 10.0. The van der Waals surface area contributed by atoms with Gasteiger partial charge < -0.3 is 9.05 Å². The van der Waals surface area contributed by atoms with Crippen LogP contribution in [0.25, 0.3) is 0 Å². The molecule has 0 aromatic carbocycles. The molecule has 20 heavy (non-hydrogen) atoms. The fraction of sp³-hybridized carbons (Fsp3) is 0.833. The molecule has 2 rings (SSSR count). The molecule has 0 N–H and O–H groups in total. The first-order valence-electron chi connectivity index (χ1n) is 6.55. The predicted octanol–water partition coefficient (Wildman–Crippen LogP) is 4.60. The average molecular weight is 344 g/mol. The van der Waals surface area contributed by atoms with Gasteiger partial charge in [-0.15, -0.1) is 23.5 Å². The van der Waals surface area contributed by atoms with Crippen LogP contribution in [0.15, 0.2) is 12.2 Å². The molecule has 1 saturated heterocycles. The monoisotopic (exact) mass is 344 g/mol. The van der Waals surface area contributed by atoms with Crippen LogP contribution in [-0.2, 0) is 13.6 Å². The van der Waals surface area contributed by atoms with E-state index in [-0.39, 0.29) is 24.4 Å². The fourth-order valence-electron chi connectivity index (χ4n) is 2.69. The van der Waals surface area contributed by atoms with Crippen LogP contribution in [0.5, 0.6) is 0 Å². The Balaban J connectivity index is 2.41. The second-order valence-electron chi connectivity index (χ2n) is 4.63. The van der Waals surface area contributed by atoms with Crippen molar-refractivity contribution in [2.45, 2.75) is 35.3 Å². The molecule has 1 heterocycles. The van der Waals surface area contributed by atoms with Crippen LogP contribution in [0, 0.1) is 5.92 Å². The van der Waals surface area contributed by atoms with Crippen LogP contribution in [0.3, 0.4) is 0 Å². The van der Waals surface area contributed by atoms with Crippen LogP contribution in [-0.4, -0.2) is 34.5 Å². The highest BCUT2D eigenvalue weighted by atomic mass is 32.2. The van der Waals surface area contributed by atoms with E-state index >= 15 is 8.78 Å². The highest BCUT2D eigenvalue weighted by Gasteiger charge is 2.72. The molecule has 0 radical (unpaired) electrons. The second kappa shape index (κ2) is 5.92. The third-order valence-corrected chi connectivity index (χ3v) is 9.58. The largest absolute Gasteiger partial charge is 0.402 e. The first kappa shape index (κ1) is 16.8. The molecule has 0 aromatic heterocycles. The van der Waals surface area contributed by atoms with Crippen molar-refractivity contribution in [3.63, 3.8) is 0 Å². The smallest absolute Gasteiger partial charge is 0.305 e. The molecule has 0 spiro atoms. The van der Waals surface area contributed by atoms with Gasteiger partial charge >= 0.3 is 13.3 Å². The summed E-state index contributed by atoms with van der Waals surface area (Å²) >= 11 is 2.25. The highest BCUT2D eigenvalue weighted by Crippen LogP contribution is 2.76. The molecule has 1 aliphatic heterocycles. The first-order chi connectivity index (χ1) is 9.37. The minimum absolute atomic E-state index is 0.0636. The minimum Gasteiger partial charge on any atom is -0.305 e. The standard InChI is InChI=1S/C12H19F2O3PS2/c1-4-16-18(15,17-5-2)12(13,14)11(19-3)9-6-7-10(8-9)20-11/h6-7,9-10H,4-5,8H2,1-3H3/t9-,10+,11-/m1/s1. The third-order valence-electron chi connectivity index (χ3n) is 3.52. The zero-order valence-corrected chi connectivity index (χ0v) is 14.2. The van der Waals surface area contributed by atoms with Crippen molar-refractivity contribution in [3.8, 4) is 0 Å².